The molecule has 1 rings (SSSR count). The van der Waals surface area contributed by atoms with E-state index in [1.165, 1.54) is 0 Å². The summed E-state index contributed by atoms with van der Waals surface area (Å²) < 4.78 is 0. The summed E-state index contributed by atoms with van der Waals surface area (Å²) in [5, 5.41) is 3.03. The Kier molecular flexibility index (Phi) is 4.83. The molecule has 0 aliphatic carbocycles. The van der Waals surface area contributed by atoms with Crippen LogP contribution in [0.15, 0.2) is 24.3 Å². The Morgan fingerprint density at radius 3 is 2.81 bits per heavy atom. The number of rotatable bonds is 5. The first kappa shape index (κ1) is 12.6. The molecule has 0 heterocycles. The van der Waals surface area contributed by atoms with Crippen LogP contribution in [0.25, 0.3) is 0 Å². The average Bonchev–Trinajstić information content (AvgIpc) is 2.35. The normalized spacial score (nSPS) is 9.94. The number of hydrogen-bond acceptors (Lipinski definition) is 2. The summed E-state index contributed by atoms with van der Waals surface area (Å²) in [4.78, 5) is 13.8. The Morgan fingerprint density at radius 2 is 2.19 bits per heavy atom. The molecule has 3 nitrogen and oxygen atoms in total. The molecule has 0 aliphatic heterocycles. The smallest absolute Gasteiger partial charge is 0.253 e. The molecular formula is C13H20N2O. The van der Waals surface area contributed by atoms with E-state index in [1.807, 2.05) is 38.4 Å². The van der Waals surface area contributed by atoms with Gasteiger partial charge in [0.25, 0.3) is 5.91 Å². The number of anilines is 1. The molecule has 0 aromatic heterocycles. The second-order valence-corrected chi connectivity index (χ2v) is 3.91. The Balaban J connectivity index is 2.71. The van der Waals surface area contributed by atoms with E-state index in [9.17, 15) is 4.79 Å². The van der Waals surface area contributed by atoms with Crippen LogP contribution in [0.2, 0.25) is 0 Å². The summed E-state index contributed by atoms with van der Waals surface area (Å²) in [6.07, 6.45) is 2.15. The highest BCUT2D eigenvalue weighted by Crippen LogP contribution is 2.11. The number of amides is 1. The van der Waals surface area contributed by atoms with Crippen molar-refractivity contribution in [2.45, 2.75) is 19.8 Å². The Bertz CT molecular complexity index is 350. The molecule has 1 aromatic rings. The molecule has 0 atom stereocenters. The maximum absolute atomic E-state index is 12.0. The van der Waals surface area contributed by atoms with Crippen LogP contribution >= 0.6 is 0 Å². The van der Waals surface area contributed by atoms with Gasteiger partial charge in [0.15, 0.2) is 0 Å². The minimum Gasteiger partial charge on any atom is -0.388 e. The van der Waals surface area contributed by atoms with Crippen molar-refractivity contribution < 1.29 is 4.79 Å². The average molecular weight is 220 g/mol. The Labute approximate surface area is 97.5 Å². The van der Waals surface area contributed by atoms with Gasteiger partial charge in [-0.15, -0.1) is 0 Å². The lowest BCUT2D eigenvalue weighted by Gasteiger charge is -2.17. The van der Waals surface area contributed by atoms with Crippen LogP contribution in [0, 0.1) is 0 Å². The first-order valence-corrected chi connectivity index (χ1v) is 5.72. The molecule has 0 aliphatic rings. The molecule has 1 N–H and O–H groups in total. The fourth-order valence-electron chi connectivity index (χ4n) is 1.52. The number of carbonyl (C=O) groups excluding carboxylic acids is 1. The van der Waals surface area contributed by atoms with Gasteiger partial charge in [0.2, 0.25) is 0 Å². The molecule has 0 saturated carbocycles. The molecule has 0 bridgehead atoms. The van der Waals surface area contributed by atoms with Gasteiger partial charge < -0.3 is 10.2 Å². The number of unbranched alkanes of at least 4 members (excludes halogenated alkanes) is 1. The maximum atomic E-state index is 12.0. The fourth-order valence-corrected chi connectivity index (χ4v) is 1.52. The van der Waals surface area contributed by atoms with Crippen LogP contribution in [0.4, 0.5) is 5.69 Å². The van der Waals surface area contributed by atoms with Crippen molar-refractivity contribution in [2.24, 2.45) is 0 Å². The van der Waals surface area contributed by atoms with Gasteiger partial charge in [0.1, 0.15) is 0 Å². The Hall–Kier alpha value is -1.51. The molecule has 0 spiro atoms. The molecule has 0 unspecified atom stereocenters. The minimum atomic E-state index is 0.0885. The van der Waals surface area contributed by atoms with Gasteiger partial charge in [-0.1, -0.05) is 19.4 Å². The van der Waals surface area contributed by atoms with Crippen molar-refractivity contribution in [1.82, 2.24) is 4.90 Å². The van der Waals surface area contributed by atoms with E-state index in [1.54, 1.807) is 4.90 Å². The fraction of sp³-hybridized carbons (Fsp3) is 0.462. The van der Waals surface area contributed by atoms with E-state index in [-0.39, 0.29) is 5.91 Å². The second-order valence-electron chi connectivity index (χ2n) is 3.91. The zero-order valence-corrected chi connectivity index (χ0v) is 10.3. The zero-order valence-electron chi connectivity index (χ0n) is 10.3. The molecule has 1 amide bonds. The van der Waals surface area contributed by atoms with Crippen LogP contribution in [0.5, 0.6) is 0 Å². The molecule has 88 valence electrons. The highest BCUT2D eigenvalue weighted by Gasteiger charge is 2.10. The van der Waals surface area contributed by atoms with Gasteiger partial charge >= 0.3 is 0 Å². The zero-order chi connectivity index (χ0) is 12.0. The monoisotopic (exact) mass is 220 g/mol. The van der Waals surface area contributed by atoms with Crippen molar-refractivity contribution in [3.05, 3.63) is 29.8 Å². The van der Waals surface area contributed by atoms with E-state index in [2.05, 4.69) is 12.2 Å². The second kappa shape index (κ2) is 6.16. The molecule has 16 heavy (non-hydrogen) atoms. The molecular weight excluding hydrogens is 200 g/mol. The summed E-state index contributed by atoms with van der Waals surface area (Å²) in [6.45, 7) is 2.94. The van der Waals surface area contributed by atoms with Gasteiger partial charge in [-0.2, -0.15) is 0 Å². The van der Waals surface area contributed by atoms with E-state index in [0.717, 1.165) is 30.6 Å². The molecule has 3 heteroatoms. The number of hydrogen-bond donors (Lipinski definition) is 1. The lowest BCUT2D eigenvalue weighted by Crippen LogP contribution is -2.27. The van der Waals surface area contributed by atoms with Crippen LogP contribution in [0.1, 0.15) is 30.1 Å². The van der Waals surface area contributed by atoms with E-state index in [0.29, 0.717) is 0 Å². The topological polar surface area (TPSA) is 32.3 Å². The SMILES string of the molecule is CCCCN(C)C(=O)c1cccc(NC)c1. The van der Waals surface area contributed by atoms with E-state index in [4.69, 9.17) is 0 Å². The highest BCUT2D eigenvalue weighted by molar-refractivity contribution is 5.94. The molecule has 0 fully saturated rings. The van der Waals surface area contributed by atoms with Crippen LogP contribution < -0.4 is 5.32 Å². The van der Waals surface area contributed by atoms with E-state index >= 15 is 0 Å². The van der Waals surface area contributed by atoms with Crippen LogP contribution in [-0.4, -0.2) is 31.4 Å². The van der Waals surface area contributed by atoms with Gasteiger partial charge in [-0.3, -0.25) is 4.79 Å². The molecule has 0 radical (unpaired) electrons. The van der Waals surface area contributed by atoms with E-state index < -0.39 is 0 Å². The predicted octanol–water partition coefficient (Wildman–Crippen LogP) is 2.60. The third kappa shape index (κ3) is 3.26. The quantitative estimate of drug-likeness (QED) is 0.827. The summed E-state index contributed by atoms with van der Waals surface area (Å²) in [7, 11) is 3.70. The van der Waals surface area contributed by atoms with Crippen LogP contribution in [0.3, 0.4) is 0 Å². The third-order valence-electron chi connectivity index (χ3n) is 2.59. The van der Waals surface area contributed by atoms with Crippen molar-refractivity contribution in [3.63, 3.8) is 0 Å². The minimum absolute atomic E-state index is 0.0885. The van der Waals surface area contributed by atoms with Crippen molar-refractivity contribution in [1.29, 1.82) is 0 Å². The highest BCUT2D eigenvalue weighted by atomic mass is 16.2. The van der Waals surface area contributed by atoms with Gasteiger partial charge in [-0.05, 0) is 24.6 Å². The van der Waals surface area contributed by atoms with Gasteiger partial charge in [-0.25, -0.2) is 0 Å². The maximum Gasteiger partial charge on any atom is 0.253 e. The molecule has 0 saturated heterocycles. The first-order chi connectivity index (χ1) is 7.69. The van der Waals surface area contributed by atoms with Crippen molar-refractivity contribution in [3.8, 4) is 0 Å². The van der Waals surface area contributed by atoms with Gasteiger partial charge in [0.05, 0.1) is 0 Å². The summed E-state index contributed by atoms with van der Waals surface area (Å²) in [5.41, 5.74) is 1.71. The first-order valence-electron chi connectivity index (χ1n) is 5.72. The summed E-state index contributed by atoms with van der Waals surface area (Å²) >= 11 is 0. The van der Waals surface area contributed by atoms with Crippen molar-refractivity contribution >= 4 is 11.6 Å². The number of carbonyl (C=O) groups is 1. The van der Waals surface area contributed by atoms with Crippen molar-refractivity contribution in [2.75, 3.05) is 26.0 Å². The lowest BCUT2D eigenvalue weighted by molar-refractivity contribution is 0.0793. The number of nitrogens with zero attached hydrogens (tertiary/aromatic N) is 1. The largest absolute Gasteiger partial charge is 0.388 e. The molecule has 1 aromatic carbocycles. The number of benzene rings is 1. The standard InChI is InChI=1S/C13H20N2O/c1-4-5-9-15(3)13(16)11-7-6-8-12(10-11)14-2/h6-8,10,14H,4-5,9H2,1-3H3. The third-order valence-corrected chi connectivity index (χ3v) is 2.59. The summed E-state index contributed by atoms with van der Waals surface area (Å²) in [6, 6.07) is 7.58. The number of nitrogens with one attached hydrogen (secondary N) is 1. The summed E-state index contributed by atoms with van der Waals surface area (Å²) in [5.74, 6) is 0.0885. The Morgan fingerprint density at radius 1 is 1.44 bits per heavy atom. The van der Waals surface area contributed by atoms with Gasteiger partial charge in [0, 0.05) is 31.9 Å². The lowest BCUT2D eigenvalue weighted by atomic mass is 10.1. The van der Waals surface area contributed by atoms with Crippen LogP contribution in [-0.2, 0) is 0 Å². The predicted molar refractivity (Wildman–Crippen MR) is 67.9 cm³/mol.